The molecule has 0 spiro atoms. The van der Waals surface area contributed by atoms with Crippen molar-refractivity contribution in [3.63, 3.8) is 0 Å². The number of aliphatic carboxylic acids is 1. The molecule has 3 saturated carbocycles. The summed E-state index contributed by atoms with van der Waals surface area (Å²) in [4.78, 5) is 76.5. The number of carbonyl (C=O) groups is 6. The van der Waals surface area contributed by atoms with Crippen LogP contribution < -0.4 is 16.4 Å². The van der Waals surface area contributed by atoms with E-state index in [-0.39, 0.29) is 44.9 Å². The predicted molar refractivity (Wildman–Crippen MR) is 203 cm³/mol. The fourth-order valence-electron chi connectivity index (χ4n) is 6.22. The van der Waals surface area contributed by atoms with Crippen molar-refractivity contribution in [2.75, 3.05) is 0 Å². The second-order valence-corrected chi connectivity index (χ2v) is 14.0. The van der Waals surface area contributed by atoms with Crippen molar-refractivity contribution in [2.24, 2.45) is 5.73 Å². The summed E-state index contributed by atoms with van der Waals surface area (Å²) in [6, 6.07) is -3.53. The molecule has 0 bridgehead atoms. The number of amides is 2. The van der Waals surface area contributed by atoms with Gasteiger partial charge in [-0.15, -0.1) is 0 Å². The number of carboxylic acids is 1. The summed E-state index contributed by atoms with van der Waals surface area (Å²) in [5.41, 5.74) is 9.97. The van der Waals surface area contributed by atoms with Crippen LogP contribution in [0.1, 0.15) is 103 Å². The van der Waals surface area contributed by atoms with Crippen molar-refractivity contribution >= 4 is 74.5 Å². The van der Waals surface area contributed by atoms with Gasteiger partial charge in [0.2, 0.25) is 0 Å². The summed E-state index contributed by atoms with van der Waals surface area (Å²) in [5.74, 6) is -4.50. The molecular formula is C37H49B3N3O10. The van der Waals surface area contributed by atoms with Crippen LogP contribution in [-0.2, 0) is 43.0 Å². The quantitative estimate of drug-likeness (QED) is 0.0895. The Morgan fingerprint density at radius 2 is 1.02 bits per heavy atom. The molecule has 0 aromatic heterocycles. The van der Waals surface area contributed by atoms with Crippen LogP contribution in [0.2, 0.25) is 0 Å². The summed E-state index contributed by atoms with van der Waals surface area (Å²) in [7, 11) is 17.7. The van der Waals surface area contributed by atoms with Gasteiger partial charge in [-0.2, -0.15) is 0 Å². The summed E-state index contributed by atoms with van der Waals surface area (Å²) in [6.45, 7) is 11.7. The van der Waals surface area contributed by atoms with Gasteiger partial charge in [-0.25, -0.2) is 0 Å². The van der Waals surface area contributed by atoms with Crippen LogP contribution in [0.25, 0.3) is 0 Å². The van der Waals surface area contributed by atoms with Crippen molar-refractivity contribution in [3.8, 4) is 0 Å². The first-order valence-electron chi connectivity index (χ1n) is 18.1. The zero-order valence-corrected chi connectivity index (χ0v) is 30.3. The number of carboxylic acid groups (broad SMARTS) is 1. The monoisotopic (exact) mass is 728 g/mol. The Morgan fingerprint density at radius 3 is 1.42 bits per heavy atom. The maximum absolute atomic E-state index is 13.4. The van der Waals surface area contributed by atoms with Gasteiger partial charge in [-0.3, -0.25) is 0 Å². The van der Waals surface area contributed by atoms with E-state index in [1.807, 2.05) is 0 Å². The fourth-order valence-corrected chi connectivity index (χ4v) is 6.22. The van der Waals surface area contributed by atoms with Gasteiger partial charge in [-0.1, -0.05) is 0 Å². The van der Waals surface area contributed by atoms with E-state index in [4.69, 9.17) is 47.5 Å². The van der Waals surface area contributed by atoms with Crippen LogP contribution in [0, 0.1) is 0 Å². The molecule has 281 valence electrons. The van der Waals surface area contributed by atoms with Crippen molar-refractivity contribution in [1.82, 2.24) is 10.6 Å². The first kappa shape index (κ1) is 43.2. The molecular weight excluding hydrogens is 679 g/mol. The van der Waals surface area contributed by atoms with Crippen LogP contribution in [0.5, 0.6) is 0 Å². The SMILES string of the molecule is [B]=C1CCC(OC(=O)C(N)CCC(=O)NC(CCC(=O)NC(CCCC(=O)O)C(=O)OC2CCC(=[B])C(=C)C2)C(=O)OC2CCC(=[B])C(=C)C2)CC1=C. The molecule has 13 nitrogen and oxygen atoms in total. The molecule has 2 amide bonds. The molecule has 0 aromatic rings. The van der Waals surface area contributed by atoms with Crippen LogP contribution >= 0.6 is 0 Å². The molecule has 3 rings (SSSR count). The Balaban J connectivity index is 1.61. The van der Waals surface area contributed by atoms with E-state index >= 15 is 0 Å². The van der Waals surface area contributed by atoms with Gasteiger partial charge < -0.3 is 0 Å². The zero-order valence-electron chi connectivity index (χ0n) is 30.3. The Kier molecular flexibility index (Phi) is 17.0. The van der Waals surface area contributed by atoms with E-state index in [0.29, 0.717) is 90.9 Å². The van der Waals surface area contributed by atoms with Gasteiger partial charge in [0.25, 0.3) is 0 Å². The third-order valence-electron chi connectivity index (χ3n) is 9.61. The molecule has 0 aromatic carbocycles. The number of nitrogens with two attached hydrogens (primary N) is 1. The van der Waals surface area contributed by atoms with E-state index < -0.39 is 72.1 Å². The van der Waals surface area contributed by atoms with Crippen LogP contribution in [0.3, 0.4) is 0 Å². The number of nitrogens with one attached hydrogen (secondary N) is 2. The Morgan fingerprint density at radius 1 is 0.642 bits per heavy atom. The van der Waals surface area contributed by atoms with Gasteiger partial charge in [0.1, 0.15) is 0 Å². The Hall–Kier alpha value is -4.20. The molecule has 16 heteroatoms. The third-order valence-corrected chi connectivity index (χ3v) is 9.61. The number of esters is 3. The van der Waals surface area contributed by atoms with Gasteiger partial charge >= 0.3 is 315 Å². The first-order chi connectivity index (χ1) is 25.0. The average Bonchev–Trinajstić information content (AvgIpc) is 3.09. The first-order valence-corrected chi connectivity index (χ1v) is 18.1. The van der Waals surface area contributed by atoms with Gasteiger partial charge in [0.05, 0.1) is 0 Å². The number of hydrogen-bond acceptors (Lipinski definition) is 10. The molecule has 3 fully saturated rings. The molecule has 3 aliphatic carbocycles. The molecule has 0 aliphatic heterocycles. The average molecular weight is 728 g/mol. The summed E-state index contributed by atoms with van der Waals surface area (Å²) < 4.78 is 16.8. The number of hydrogen-bond donors (Lipinski definition) is 4. The molecule has 3 radical (unpaired) electrons. The molecule has 0 heterocycles. The zero-order chi connectivity index (χ0) is 39.2. The van der Waals surface area contributed by atoms with Crippen molar-refractivity contribution in [1.29, 1.82) is 0 Å². The van der Waals surface area contributed by atoms with Gasteiger partial charge in [-0.05, 0) is 0 Å². The van der Waals surface area contributed by atoms with E-state index in [2.05, 4.69) is 30.4 Å². The van der Waals surface area contributed by atoms with Crippen molar-refractivity contribution < 1.29 is 48.1 Å². The Labute approximate surface area is 314 Å². The number of rotatable bonds is 18. The molecule has 3 aliphatic rings. The standard InChI is InChI=1S/C37H49B3N3O10/c1-20-17-23(7-10-26(20)38)51-35(48)29(41)13-15-32(44)43-31(37(50)53-25-9-12-28(40)22(3)19-25)14-16-33(45)42-30(5-4-6-34(46)47)36(49)52-24-8-11-27(39)21(2)18-24/h23-25,29-31H,1-19,41H2,(H,42,45)(H,43,44)(H,46,47). The molecule has 6 unspecified atom stereocenters. The Bertz CT molecular complexity index is 1530. The van der Waals surface area contributed by atoms with Crippen molar-refractivity contribution in [3.05, 3.63) is 36.5 Å². The van der Waals surface area contributed by atoms with E-state index in [1.54, 1.807) is 0 Å². The maximum atomic E-state index is 13.4. The summed E-state index contributed by atoms with van der Waals surface area (Å²) in [5, 5.41) is 14.3. The minimum atomic E-state index is -1.27. The predicted octanol–water partition coefficient (Wildman–Crippen LogP) is 1.08. The second kappa shape index (κ2) is 20.9. The van der Waals surface area contributed by atoms with E-state index in [9.17, 15) is 28.8 Å². The minimum absolute atomic E-state index is 0.00256. The van der Waals surface area contributed by atoms with E-state index in [0.717, 1.165) is 0 Å². The molecule has 6 atom stereocenters. The third kappa shape index (κ3) is 14.6. The van der Waals surface area contributed by atoms with Crippen molar-refractivity contribution in [2.45, 2.75) is 139 Å². The van der Waals surface area contributed by atoms with Crippen LogP contribution in [-0.4, -0.2) is 116 Å². The summed E-state index contributed by atoms with van der Waals surface area (Å²) in [6.07, 6.45) is 1.62. The van der Waals surface area contributed by atoms with Gasteiger partial charge in [0.15, 0.2) is 0 Å². The number of ether oxygens (including phenoxy) is 3. The normalized spacial score (nSPS) is 22.2. The number of carbonyl (C=O) groups excluding carboxylic acids is 5. The second-order valence-electron chi connectivity index (χ2n) is 14.0. The van der Waals surface area contributed by atoms with Gasteiger partial charge in [0, 0.05) is 0 Å². The fraction of sp³-hybridized carbons (Fsp3) is 0.595. The molecule has 5 N–H and O–H groups in total. The van der Waals surface area contributed by atoms with E-state index in [1.165, 1.54) is 0 Å². The van der Waals surface area contributed by atoms with Crippen LogP contribution in [0.15, 0.2) is 36.5 Å². The molecule has 0 saturated heterocycles. The summed E-state index contributed by atoms with van der Waals surface area (Å²) >= 11 is 0. The van der Waals surface area contributed by atoms with Crippen LogP contribution in [0.4, 0.5) is 0 Å². The topological polar surface area (TPSA) is 200 Å². The molecule has 53 heavy (non-hydrogen) atoms.